The number of ether oxygens (including phenoxy) is 1. The summed E-state index contributed by atoms with van der Waals surface area (Å²) >= 11 is 9.28. The van der Waals surface area contributed by atoms with Crippen LogP contribution in [0, 0.1) is 0 Å². The van der Waals surface area contributed by atoms with E-state index in [1.807, 2.05) is 12.1 Å². The lowest BCUT2D eigenvalue weighted by Gasteiger charge is -2.14. The van der Waals surface area contributed by atoms with Crippen LogP contribution in [0.2, 0.25) is 5.02 Å². The average molecular weight is 410 g/mol. The van der Waals surface area contributed by atoms with Crippen LogP contribution in [0.5, 0.6) is 5.75 Å². The number of benzene rings is 2. The van der Waals surface area contributed by atoms with Crippen LogP contribution >= 0.6 is 27.5 Å². The van der Waals surface area contributed by atoms with Crippen LogP contribution in [0.3, 0.4) is 0 Å². The van der Waals surface area contributed by atoms with Gasteiger partial charge in [0.1, 0.15) is 18.5 Å². The minimum absolute atomic E-state index is 0.0659. The maximum atomic E-state index is 12.4. The zero-order valence-corrected chi connectivity index (χ0v) is 14.9. The zero-order valence-electron chi connectivity index (χ0n) is 12.5. The van der Waals surface area contributed by atoms with E-state index in [1.165, 1.54) is 10.9 Å². The average Bonchev–Trinajstić information content (AvgIpc) is 2.56. The third kappa shape index (κ3) is 3.95. The van der Waals surface area contributed by atoms with Gasteiger partial charge in [-0.1, -0.05) is 33.6 Å². The van der Waals surface area contributed by atoms with E-state index in [-0.39, 0.29) is 18.7 Å². The van der Waals surface area contributed by atoms with Gasteiger partial charge in [0.25, 0.3) is 5.56 Å². The van der Waals surface area contributed by atoms with Crippen LogP contribution in [0.4, 0.5) is 0 Å². The first kappa shape index (κ1) is 17.0. The molecule has 3 aromatic rings. The number of aliphatic hydroxyl groups is 1. The van der Waals surface area contributed by atoms with Gasteiger partial charge in [-0.2, -0.15) is 0 Å². The Morgan fingerprint density at radius 3 is 2.92 bits per heavy atom. The topological polar surface area (TPSA) is 64.4 Å². The van der Waals surface area contributed by atoms with Crippen molar-refractivity contribution in [2.24, 2.45) is 0 Å². The van der Waals surface area contributed by atoms with Crippen LogP contribution in [-0.2, 0) is 6.54 Å². The van der Waals surface area contributed by atoms with Gasteiger partial charge in [0.05, 0.1) is 23.8 Å². The van der Waals surface area contributed by atoms with Gasteiger partial charge >= 0.3 is 0 Å². The van der Waals surface area contributed by atoms with E-state index in [0.29, 0.717) is 21.7 Å². The van der Waals surface area contributed by atoms with E-state index in [1.54, 1.807) is 30.3 Å². The molecule has 3 rings (SSSR count). The van der Waals surface area contributed by atoms with Gasteiger partial charge < -0.3 is 9.84 Å². The smallest absolute Gasteiger partial charge is 0.261 e. The minimum atomic E-state index is -0.847. The maximum absolute atomic E-state index is 12.4. The lowest BCUT2D eigenvalue weighted by Crippen LogP contribution is -2.30. The molecule has 1 aromatic heterocycles. The molecule has 5 nitrogen and oxygen atoms in total. The first-order valence-corrected chi connectivity index (χ1v) is 8.41. The van der Waals surface area contributed by atoms with E-state index in [9.17, 15) is 9.90 Å². The molecule has 2 aromatic carbocycles. The number of nitrogens with zero attached hydrogens (tertiary/aromatic N) is 2. The normalized spacial score (nSPS) is 12.3. The molecule has 7 heteroatoms. The number of rotatable bonds is 5. The molecule has 0 unspecified atom stereocenters. The molecular formula is C17H14BrClN2O3. The van der Waals surface area contributed by atoms with Gasteiger partial charge in [0, 0.05) is 9.50 Å². The molecule has 0 radical (unpaired) electrons. The molecule has 1 N–H and O–H groups in total. The van der Waals surface area contributed by atoms with Crippen molar-refractivity contribution < 1.29 is 9.84 Å². The largest absolute Gasteiger partial charge is 0.491 e. The van der Waals surface area contributed by atoms with Crippen molar-refractivity contribution in [2.75, 3.05) is 6.61 Å². The van der Waals surface area contributed by atoms with Crippen molar-refractivity contribution in [1.29, 1.82) is 0 Å². The summed E-state index contributed by atoms with van der Waals surface area (Å²) in [5.41, 5.74) is 0.324. The van der Waals surface area contributed by atoms with Crippen LogP contribution in [-0.4, -0.2) is 27.4 Å². The first-order chi connectivity index (χ1) is 11.5. The number of hydrogen-bond donors (Lipinski definition) is 1. The fourth-order valence-corrected chi connectivity index (χ4v) is 2.84. The summed E-state index contributed by atoms with van der Waals surface area (Å²) in [6.07, 6.45) is 0.570. The Kier molecular flexibility index (Phi) is 5.18. The summed E-state index contributed by atoms with van der Waals surface area (Å²) in [7, 11) is 0. The second-order valence-electron chi connectivity index (χ2n) is 5.29. The second kappa shape index (κ2) is 7.34. The van der Waals surface area contributed by atoms with E-state index >= 15 is 0 Å². The molecule has 24 heavy (non-hydrogen) atoms. The van der Waals surface area contributed by atoms with Crippen LogP contribution < -0.4 is 10.3 Å². The second-order valence-corrected chi connectivity index (χ2v) is 6.64. The van der Waals surface area contributed by atoms with Crippen molar-refractivity contribution in [1.82, 2.24) is 9.55 Å². The molecule has 0 saturated carbocycles. The molecule has 0 aliphatic heterocycles. The third-order valence-corrected chi connectivity index (χ3v) is 4.16. The first-order valence-electron chi connectivity index (χ1n) is 7.24. The summed E-state index contributed by atoms with van der Waals surface area (Å²) in [4.78, 5) is 16.7. The number of fused-ring (bicyclic) bond motifs is 1. The lowest BCUT2D eigenvalue weighted by molar-refractivity contribution is 0.0914. The third-order valence-electron chi connectivity index (χ3n) is 3.43. The van der Waals surface area contributed by atoms with E-state index in [4.69, 9.17) is 16.3 Å². The molecule has 1 atom stereocenters. The van der Waals surface area contributed by atoms with Gasteiger partial charge in [-0.25, -0.2) is 4.98 Å². The number of aromatic nitrogens is 2. The molecule has 0 saturated heterocycles. The summed E-state index contributed by atoms with van der Waals surface area (Å²) in [6, 6.07) is 12.3. The van der Waals surface area contributed by atoms with Crippen molar-refractivity contribution in [3.63, 3.8) is 0 Å². The predicted octanol–water partition coefficient (Wildman–Crippen LogP) is 3.25. The minimum Gasteiger partial charge on any atom is -0.491 e. The fraction of sp³-hybridized carbons (Fsp3) is 0.176. The van der Waals surface area contributed by atoms with Crippen molar-refractivity contribution in [3.05, 3.63) is 68.6 Å². The van der Waals surface area contributed by atoms with Gasteiger partial charge in [-0.3, -0.25) is 9.36 Å². The van der Waals surface area contributed by atoms with Crippen LogP contribution in [0.15, 0.2) is 58.1 Å². The number of aliphatic hydroxyl groups excluding tert-OH is 1. The Labute approximate surface area is 151 Å². The Morgan fingerprint density at radius 2 is 2.12 bits per heavy atom. The van der Waals surface area contributed by atoms with Crippen molar-refractivity contribution in [3.8, 4) is 5.75 Å². The quantitative estimate of drug-likeness (QED) is 0.702. The van der Waals surface area contributed by atoms with E-state index in [0.717, 1.165) is 4.47 Å². The molecule has 0 aliphatic rings. The molecule has 124 valence electrons. The summed E-state index contributed by atoms with van der Waals surface area (Å²) < 4.78 is 7.78. The fourth-order valence-electron chi connectivity index (χ4n) is 2.29. The maximum Gasteiger partial charge on any atom is 0.261 e. The van der Waals surface area contributed by atoms with Gasteiger partial charge in [0.15, 0.2) is 0 Å². The van der Waals surface area contributed by atoms with E-state index in [2.05, 4.69) is 20.9 Å². The number of hydrogen-bond acceptors (Lipinski definition) is 4. The standard InChI is InChI=1S/C17H14BrClN2O3/c18-11-2-1-3-14(6-11)24-9-13(22)8-21-10-20-16-5-4-12(19)7-15(16)17(21)23/h1-7,10,13,22H,8-9H2/t13-/m0/s1. The zero-order chi connectivity index (χ0) is 17.1. The van der Waals surface area contributed by atoms with E-state index < -0.39 is 6.10 Å². The van der Waals surface area contributed by atoms with Crippen molar-refractivity contribution in [2.45, 2.75) is 12.6 Å². The molecule has 0 bridgehead atoms. The Balaban J connectivity index is 1.72. The van der Waals surface area contributed by atoms with Gasteiger partial charge in [-0.05, 0) is 36.4 Å². The highest BCUT2D eigenvalue weighted by Gasteiger charge is 2.11. The van der Waals surface area contributed by atoms with Crippen molar-refractivity contribution >= 4 is 38.4 Å². The van der Waals surface area contributed by atoms with Crippen LogP contribution in [0.1, 0.15) is 0 Å². The Bertz CT molecular complexity index is 929. The molecule has 0 spiro atoms. The van der Waals surface area contributed by atoms with Crippen LogP contribution in [0.25, 0.3) is 10.9 Å². The Morgan fingerprint density at radius 1 is 1.29 bits per heavy atom. The Hall–Kier alpha value is -1.89. The predicted molar refractivity (Wildman–Crippen MR) is 96.7 cm³/mol. The number of halogens is 2. The lowest BCUT2D eigenvalue weighted by atomic mass is 10.2. The highest BCUT2D eigenvalue weighted by atomic mass is 79.9. The summed E-state index contributed by atoms with van der Waals surface area (Å²) in [6.45, 7) is 0.152. The monoisotopic (exact) mass is 408 g/mol. The molecule has 0 amide bonds. The molecule has 0 fully saturated rings. The van der Waals surface area contributed by atoms with Gasteiger partial charge in [0.2, 0.25) is 0 Å². The molecule has 1 heterocycles. The molecular weight excluding hydrogens is 396 g/mol. The van der Waals surface area contributed by atoms with Gasteiger partial charge in [-0.15, -0.1) is 0 Å². The summed E-state index contributed by atoms with van der Waals surface area (Å²) in [5.74, 6) is 0.638. The SMILES string of the molecule is O=c1c2cc(Cl)ccc2ncn1C[C@H](O)COc1cccc(Br)c1. The highest BCUT2D eigenvalue weighted by molar-refractivity contribution is 9.10. The molecule has 0 aliphatic carbocycles. The summed E-state index contributed by atoms with van der Waals surface area (Å²) in [5, 5.41) is 11.0. The highest BCUT2D eigenvalue weighted by Crippen LogP contribution is 2.18.